The standard InChI is InChI=1S/C18H27F2N3O2/c19-15-7-14(8-16(20)9-15)10-23-4-1-17(2-5-23)22-12-18(24)11-21-3-6-25-13-18/h7-9,17,21-22,24H,1-6,10-13H2. The fourth-order valence-corrected chi connectivity index (χ4v) is 3.48. The average Bonchev–Trinajstić information content (AvgIpc) is 2.78. The minimum Gasteiger partial charge on any atom is -0.385 e. The Kier molecular flexibility index (Phi) is 6.35. The number of hydrogen-bond acceptors (Lipinski definition) is 5. The minimum atomic E-state index is -0.868. The lowest BCUT2D eigenvalue weighted by Gasteiger charge is -2.35. The lowest BCUT2D eigenvalue weighted by molar-refractivity contribution is -0.0289. The number of aliphatic hydroxyl groups is 1. The molecule has 7 heteroatoms. The number of benzene rings is 1. The first-order valence-corrected chi connectivity index (χ1v) is 8.94. The van der Waals surface area contributed by atoms with Crippen LogP contribution in [-0.2, 0) is 11.3 Å². The molecule has 0 saturated carbocycles. The van der Waals surface area contributed by atoms with E-state index in [-0.39, 0.29) is 0 Å². The van der Waals surface area contributed by atoms with E-state index in [1.54, 1.807) is 0 Å². The van der Waals surface area contributed by atoms with Gasteiger partial charge in [0.15, 0.2) is 0 Å². The number of piperidine rings is 1. The number of likely N-dealkylation sites (tertiary alicyclic amines) is 1. The molecule has 25 heavy (non-hydrogen) atoms. The van der Waals surface area contributed by atoms with Crippen molar-refractivity contribution in [3.05, 3.63) is 35.4 Å². The van der Waals surface area contributed by atoms with Crippen molar-refractivity contribution < 1.29 is 18.6 Å². The van der Waals surface area contributed by atoms with Gasteiger partial charge in [0.1, 0.15) is 17.2 Å². The van der Waals surface area contributed by atoms with Crippen LogP contribution in [0.1, 0.15) is 18.4 Å². The van der Waals surface area contributed by atoms with Crippen molar-refractivity contribution in [3.8, 4) is 0 Å². The highest BCUT2D eigenvalue weighted by molar-refractivity contribution is 5.17. The van der Waals surface area contributed by atoms with Crippen LogP contribution in [0, 0.1) is 11.6 Å². The summed E-state index contributed by atoms with van der Waals surface area (Å²) in [4.78, 5) is 2.21. The summed E-state index contributed by atoms with van der Waals surface area (Å²) in [5.74, 6) is -1.06. The molecular formula is C18H27F2N3O2. The van der Waals surface area contributed by atoms with Crippen LogP contribution in [0.25, 0.3) is 0 Å². The Bertz CT molecular complexity index is 537. The predicted octanol–water partition coefficient (Wildman–Crippen LogP) is 0.870. The summed E-state index contributed by atoms with van der Waals surface area (Å²) >= 11 is 0. The Labute approximate surface area is 147 Å². The molecule has 1 atom stereocenters. The van der Waals surface area contributed by atoms with Crippen LogP contribution in [-0.4, -0.2) is 67.6 Å². The first-order valence-electron chi connectivity index (χ1n) is 8.94. The molecular weight excluding hydrogens is 328 g/mol. The number of halogens is 2. The quantitative estimate of drug-likeness (QED) is 0.732. The van der Waals surface area contributed by atoms with Crippen LogP contribution in [0.5, 0.6) is 0 Å². The maximum absolute atomic E-state index is 13.3. The molecule has 2 aliphatic heterocycles. The van der Waals surface area contributed by atoms with Gasteiger partial charge in [-0.2, -0.15) is 0 Å². The number of nitrogens with one attached hydrogen (secondary N) is 2. The molecule has 3 N–H and O–H groups in total. The molecule has 5 nitrogen and oxygen atoms in total. The number of nitrogens with zero attached hydrogens (tertiary/aromatic N) is 1. The molecule has 0 aliphatic carbocycles. The van der Waals surface area contributed by atoms with Crippen molar-refractivity contribution >= 4 is 0 Å². The maximum Gasteiger partial charge on any atom is 0.126 e. The van der Waals surface area contributed by atoms with Crippen molar-refractivity contribution in [2.24, 2.45) is 0 Å². The number of ether oxygens (including phenoxy) is 1. The highest BCUT2D eigenvalue weighted by Gasteiger charge is 2.30. The van der Waals surface area contributed by atoms with Crippen LogP contribution in [0.3, 0.4) is 0 Å². The molecule has 0 amide bonds. The molecule has 2 heterocycles. The molecule has 0 bridgehead atoms. The van der Waals surface area contributed by atoms with E-state index in [1.807, 2.05) is 0 Å². The lowest BCUT2D eigenvalue weighted by Crippen LogP contribution is -2.53. The molecule has 1 aromatic rings. The van der Waals surface area contributed by atoms with E-state index >= 15 is 0 Å². The Morgan fingerprint density at radius 1 is 1.24 bits per heavy atom. The van der Waals surface area contributed by atoms with Crippen LogP contribution in [0.15, 0.2) is 18.2 Å². The van der Waals surface area contributed by atoms with Crippen LogP contribution >= 0.6 is 0 Å². The fourth-order valence-electron chi connectivity index (χ4n) is 3.48. The molecule has 2 aliphatic rings. The average molecular weight is 355 g/mol. The van der Waals surface area contributed by atoms with E-state index in [1.165, 1.54) is 12.1 Å². The number of rotatable bonds is 5. The first-order chi connectivity index (χ1) is 12.0. The van der Waals surface area contributed by atoms with Gasteiger partial charge in [0.2, 0.25) is 0 Å². The zero-order chi connectivity index (χ0) is 17.7. The second kappa shape index (κ2) is 8.51. The van der Waals surface area contributed by atoms with Crippen LogP contribution in [0.4, 0.5) is 8.78 Å². The van der Waals surface area contributed by atoms with E-state index < -0.39 is 17.2 Å². The van der Waals surface area contributed by atoms with Gasteiger partial charge < -0.3 is 20.5 Å². The smallest absolute Gasteiger partial charge is 0.126 e. The first kappa shape index (κ1) is 18.7. The van der Waals surface area contributed by atoms with Gasteiger partial charge in [0.25, 0.3) is 0 Å². The van der Waals surface area contributed by atoms with Gasteiger partial charge in [-0.25, -0.2) is 8.78 Å². The van der Waals surface area contributed by atoms with Gasteiger partial charge in [0, 0.05) is 38.3 Å². The van der Waals surface area contributed by atoms with Gasteiger partial charge >= 0.3 is 0 Å². The Hall–Kier alpha value is -1.12. The Morgan fingerprint density at radius 3 is 2.68 bits per heavy atom. The molecule has 0 radical (unpaired) electrons. The van der Waals surface area contributed by atoms with E-state index in [2.05, 4.69) is 15.5 Å². The third kappa shape index (κ3) is 5.69. The summed E-state index contributed by atoms with van der Waals surface area (Å²) in [5.41, 5.74) is -0.202. The minimum absolute atomic E-state index is 0.341. The van der Waals surface area contributed by atoms with Crippen molar-refractivity contribution in [1.82, 2.24) is 15.5 Å². The van der Waals surface area contributed by atoms with Gasteiger partial charge in [-0.1, -0.05) is 0 Å². The Morgan fingerprint density at radius 2 is 1.96 bits per heavy atom. The summed E-state index contributed by atoms with van der Waals surface area (Å²) in [7, 11) is 0. The van der Waals surface area contributed by atoms with Gasteiger partial charge in [0.05, 0.1) is 13.2 Å². The van der Waals surface area contributed by atoms with Gasteiger partial charge in [-0.3, -0.25) is 4.90 Å². The Balaban J connectivity index is 1.42. The topological polar surface area (TPSA) is 56.8 Å². The number of hydrogen-bond donors (Lipinski definition) is 3. The van der Waals surface area contributed by atoms with Crippen LogP contribution in [0.2, 0.25) is 0 Å². The molecule has 140 valence electrons. The maximum atomic E-state index is 13.3. The SMILES string of the molecule is OC1(CNC2CCN(Cc3cc(F)cc(F)c3)CC2)CNCCOC1. The summed E-state index contributed by atoms with van der Waals surface area (Å²) in [6.45, 7) is 5.05. The zero-order valence-corrected chi connectivity index (χ0v) is 14.4. The third-order valence-corrected chi connectivity index (χ3v) is 4.88. The monoisotopic (exact) mass is 355 g/mol. The van der Waals surface area contributed by atoms with Gasteiger partial charge in [-0.05, 0) is 43.6 Å². The molecule has 0 aromatic heterocycles. The second-order valence-corrected chi connectivity index (χ2v) is 7.16. The van der Waals surface area contributed by atoms with Crippen molar-refractivity contribution in [3.63, 3.8) is 0 Å². The van der Waals surface area contributed by atoms with Crippen molar-refractivity contribution in [2.75, 3.05) is 45.9 Å². The van der Waals surface area contributed by atoms with Crippen LogP contribution < -0.4 is 10.6 Å². The highest BCUT2D eigenvalue weighted by atomic mass is 19.1. The molecule has 3 rings (SSSR count). The van der Waals surface area contributed by atoms with E-state index in [4.69, 9.17) is 4.74 Å². The molecule has 2 fully saturated rings. The lowest BCUT2D eigenvalue weighted by atomic mass is 10.0. The summed E-state index contributed by atoms with van der Waals surface area (Å²) in [6, 6.07) is 4.02. The van der Waals surface area contributed by atoms with E-state index in [9.17, 15) is 13.9 Å². The third-order valence-electron chi connectivity index (χ3n) is 4.88. The summed E-state index contributed by atoms with van der Waals surface area (Å²) < 4.78 is 32.0. The second-order valence-electron chi connectivity index (χ2n) is 7.16. The largest absolute Gasteiger partial charge is 0.385 e. The van der Waals surface area contributed by atoms with Gasteiger partial charge in [-0.15, -0.1) is 0 Å². The summed E-state index contributed by atoms with van der Waals surface area (Å²) in [6.07, 6.45) is 1.89. The molecule has 1 aromatic carbocycles. The van der Waals surface area contributed by atoms with E-state index in [0.717, 1.165) is 38.5 Å². The molecule has 2 saturated heterocycles. The molecule has 1 unspecified atom stereocenters. The van der Waals surface area contributed by atoms with E-state index in [0.29, 0.717) is 44.5 Å². The fraction of sp³-hybridized carbons (Fsp3) is 0.667. The summed E-state index contributed by atoms with van der Waals surface area (Å²) in [5, 5.41) is 17.2. The number of β-amino-alcohol motifs (C(OH)–C–C–N with tert-alkyl or cyclic N) is 1. The highest BCUT2D eigenvalue weighted by Crippen LogP contribution is 2.16. The normalized spacial score (nSPS) is 26.5. The predicted molar refractivity (Wildman–Crippen MR) is 91.3 cm³/mol. The molecule has 0 spiro atoms. The van der Waals surface area contributed by atoms with Crippen molar-refractivity contribution in [1.29, 1.82) is 0 Å². The zero-order valence-electron chi connectivity index (χ0n) is 14.4. The van der Waals surface area contributed by atoms with Crippen molar-refractivity contribution in [2.45, 2.75) is 31.0 Å².